The van der Waals surface area contributed by atoms with Crippen molar-refractivity contribution in [2.24, 2.45) is 7.05 Å². The summed E-state index contributed by atoms with van der Waals surface area (Å²) >= 11 is 5.33. The van der Waals surface area contributed by atoms with Crippen molar-refractivity contribution in [1.29, 1.82) is 0 Å². The Hall–Kier alpha value is -0.650. The normalized spacial score (nSPS) is 12.9. The molecule has 0 aliphatic carbocycles. The van der Waals surface area contributed by atoms with E-state index in [9.17, 15) is 0 Å². The molecule has 1 N–H and O–H groups in total. The molecule has 0 aliphatic rings. The first-order valence-electron chi connectivity index (χ1n) is 6.41. The van der Waals surface area contributed by atoms with Crippen molar-refractivity contribution in [3.63, 3.8) is 0 Å². The first kappa shape index (κ1) is 14.8. The topological polar surface area (TPSA) is 29.9 Å². The first-order valence-corrected chi connectivity index (χ1v) is 8.02. The highest BCUT2D eigenvalue weighted by Crippen LogP contribution is 2.24. The molecule has 0 saturated carbocycles. The lowest BCUT2D eigenvalue weighted by molar-refractivity contribution is 0.557. The standard InChI is InChI=1S/C14H20BrN3S/c1-9-13(10(2)18(4)17-9)8-11(16-3)7-12-5-6-14(15)19-12/h5-6,11,16H,7-8H2,1-4H3. The molecular weight excluding hydrogens is 322 g/mol. The van der Waals surface area contributed by atoms with Gasteiger partial charge in [0.2, 0.25) is 0 Å². The van der Waals surface area contributed by atoms with E-state index in [2.05, 4.69) is 52.3 Å². The van der Waals surface area contributed by atoms with Crippen molar-refractivity contribution in [2.45, 2.75) is 32.7 Å². The molecule has 5 heteroatoms. The Morgan fingerprint density at radius 2 is 2.11 bits per heavy atom. The van der Waals surface area contributed by atoms with Crippen LogP contribution >= 0.6 is 27.3 Å². The second-order valence-corrected chi connectivity index (χ2v) is 7.42. The average molecular weight is 342 g/mol. The molecule has 2 aromatic rings. The van der Waals surface area contributed by atoms with Crippen LogP contribution < -0.4 is 5.32 Å². The summed E-state index contributed by atoms with van der Waals surface area (Å²) in [5.74, 6) is 0. The van der Waals surface area contributed by atoms with Crippen molar-refractivity contribution in [3.8, 4) is 0 Å². The van der Waals surface area contributed by atoms with Gasteiger partial charge in [0.25, 0.3) is 0 Å². The summed E-state index contributed by atoms with van der Waals surface area (Å²) in [6.07, 6.45) is 2.08. The Bertz CT molecular complexity index is 559. The van der Waals surface area contributed by atoms with Gasteiger partial charge in [-0.15, -0.1) is 11.3 Å². The smallest absolute Gasteiger partial charge is 0.0701 e. The molecule has 19 heavy (non-hydrogen) atoms. The monoisotopic (exact) mass is 341 g/mol. The van der Waals surface area contributed by atoms with Crippen LogP contribution in [0, 0.1) is 13.8 Å². The Morgan fingerprint density at radius 3 is 2.58 bits per heavy atom. The molecule has 0 fully saturated rings. The fraction of sp³-hybridized carbons (Fsp3) is 0.500. The highest BCUT2D eigenvalue weighted by atomic mass is 79.9. The quantitative estimate of drug-likeness (QED) is 0.904. The van der Waals surface area contributed by atoms with Gasteiger partial charge in [-0.1, -0.05) is 0 Å². The number of thiophene rings is 1. The van der Waals surface area contributed by atoms with Crippen molar-refractivity contribution in [3.05, 3.63) is 37.7 Å². The zero-order valence-electron chi connectivity index (χ0n) is 11.8. The van der Waals surface area contributed by atoms with Gasteiger partial charge < -0.3 is 5.32 Å². The number of nitrogens with one attached hydrogen (secondary N) is 1. The van der Waals surface area contributed by atoms with E-state index in [1.165, 1.54) is 19.9 Å². The lowest BCUT2D eigenvalue weighted by Gasteiger charge is -2.15. The Morgan fingerprint density at radius 1 is 1.37 bits per heavy atom. The fourth-order valence-corrected chi connectivity index (χ4v) is 3.90. The summed E-state index contributed by atoms with van der Waals surface area (Å²) in [4.78, 5) is 1.41. The molecule has 0 spiro atoms. The largest absolute Gasteiger partial charge is 0.316 e. The van der Waals surface area contributed by atoms with Crippen LogP contribution in [0.1, 0.15) is 21.8 Å². The third kappa shape index (κ3) is 3.46. The van der Waals surface area contributed by atoms with Crippen molar-refractivity contribution >= 4 is 27.3 Å². The lowest BCUT2D eigenvalue weighted by atomic mass is 10.0. The molecule has 2 rings (SSSR count). The van der Waals surface area contributed by atoms with E-state index in [-0.39, 0.29) is 0 Å². The van der Waals surface area contributed by atoms with E-state index in [0.29, 0.717) is 6.04 Å². The van der Waals surface area contributed by atoms with Crippen LogP contribution in [0.2, 0.25) is 0 Å². The fourth-order valence-electron chi connectivity index (χ4n) is 2.34. The maximum atomic E-state index is 4.49. The molecule has 0 aliphatic heterocycles. The van der Waals surface area contributed by atoms with E-state index < -0.39 is 0 Å². The average Bonchev–Trinajstić information content (AvgIpc) is 2.87. The molecule has 0 aromatic carbocycles. The van der Waals surface area contributed by atoms with E-state index in [0.717, 1.165) is 18.5 Å². The van der Waals surface area contributed by atoms with Gasteiger partial charge in [0.15, 0.2) is 0 Å². The highest BCUT2D eigenvalue weighted by molar-refractivity contribution is 9.11. The summed E-state index contributed by atoms with van der Waals surface area (Å²) in [5, 5.41) is 7.92. The van der Waals surface area contributed by atoms with Crippen molar-refractivity contribution in [2.75, 3.05) is 7.05 Å². The van der Waals surface area contributed by atoms with Gasteiger partial charge in [-0.3, -0.25) is 4.68 Å². The van der Waals surface area contributed by atoms with E-state index in [1.807, 2.05) is 30.1 Å². The van der Waals surface area contributed by atoms with Gasteiger partial charge in [-0.2, -0.15) is 5.10 Å². The Balaban J connectivity index is 2.10. The summed E-state index contributed by atoms with van der Waals surface area (Å²) in [5.41, 5.74) is 3.79. The number of rotatable bonds is 5. The van der Waals surface area contributed by atoms with E-state index >= 15 is 0 Å². The highest BCUT2D eigenvalue weighted by Gasteiger charge is 2.16. The number of aromatic nitrogens is 2. The van der Waals surface area contributed by atoms with E-state index in [1.54, 1.807) is 0 Å². The third-order valence-corrected chi connectivity index (χ3v) is 5.24. The molecule has 2 aromatic heterocycles. The maximum Gasteiger partial charge on any atom is 0.0701 e. The molecule has 2 heterocycles. The minimum atomic E-state index is 0.451. The molecule has 0 radical (unpaired) electrons. The van der Waals surface area contributed by atoms with Crippen LogP contribution in [-0.2, 0) is 19.9 Å². The maximum absolute atomic E-state index is 4.49. The minimum Gasteiger partial charge on any atom is -0.316 e. The Labute approximate surface area is 127 Å². The van der Waals surface area contributed by atoms with Gasteiger partial charge in [0, 0.05) is 23.7 Å². The summed E-state index contributed by atoms with van der Waals surface area (Å²) in [7, 11) is 4.05. The zero-order valence-corrected chi connectivity index (χ0v) is 14.2. The van der Waals surface area contributed by atoms with Crippen molar-refractivity contribution in [1.82, 2.24) is 15.1 Å². The van der Waals surface area contributed by atoms with Crippen LogP contribution in [0.25, 0.3) is 0 Å². The second-order valence-electron chi connectivity index (χ2n) is 4.87. The van der Waals surface area contributed by atoms with Crippen LogP contribution in [0.15, 0.2) is 15.9 Å². The molecule has 104 valence electrons. The van der Waals surface area contributed by atoms with Gasteiger partial charge in [0.1, 0.15) is 0 Å². The molecular formula is C14H20BrN3S. The van der Waals surface area contributed by atoms with Crippen LogP contribution in [0.5, 0.6) is 0 Å². The summed E-state index contributed by atoms with van der Waals surface area (Å²) < 4.78 is 3.17. The number of hydrogen-bond donors (Lipinski definition) is 1. The molecule has 1 atom stereocenters. The summed E-state index contributed by atoms with van der Waals surface area (Å²) in [6, 6.07) is 4.77. The third-order valence-electron chi connectivity index (χ3n) is 3.59. The van der Waals surface area contributed by atoms with Gasteiger partial charge >= 0.3 is 0 Å². The predicted octanol–water partition coefficient (Wildman–Crippen LogP) is 3.23. The number of halogens is 1. The minimum absolute atomic E-state index is 0.451. The Kier molecular flexibility index (Phi) is 4.81. The number of nitrogens with zero attached hydrogens (tertiary/aromatic N) is 2. The van der Waals surface area contributed by atoms with Crippen LogP contribution in [0.4, 0.5) is 0 Å². The van der Waals surface area contributed by atoms with Crippen molar-refractivity contribution < 1.29 is 0 Å². The number of hydrogen-bond acceptors (Lipinski definition) is 3. The predicted molar refractivity (Wildman–Crippen MR) is 85.0 cm³/mol. The van der Waals surface area contributed by atoms with Gasteiger partial charge in [-0.25, -0.2) is 0 Å². The SMILES string of the molecule is CNC(Cc1ccc(Br)s1)Cc1c(C)nn(C)c1C. The van der Waals surface area contributed by atoms with Gasteiger partial charge in [-0.05, 0) is 67.4 Å². The molecule has 0 bridgehead atoms. The van der Waals surface area contributed by atoms with Gasteiger partial charge in [0.05, 0.1) is 9.48 Å². The molecule has 3 nitrogen and oxygen atoms in total. The second kappa shape index (κ2) is 6.20. The zero-order chi connectivity index (χ0) is 14.0. The first-order chi connectivity index (χ1) is 9.01. The van der Waals surface area contributed by atoms with Crippen LogP contribution in [-0.4, -0.2) is 22.9 Å². The molecule has 0 amide bonds. The summed E-state index contributed by atoms with van der Waals surface area (Å²) in [6.45, 7) is 4.24. The molecule has 1 unspecified atom stereocenters. The number of aryl methyl sites for hydroxylation is 2. The number of likely N-dealkylation sites (N-methyl/N-ethyl adjacent to an activating group) is 1. The van der Waals surface area contributed by atoms with E-state index in [4.69, 9.17) is 0 Å². The van der Waals surface area contributed by atoms with Crippen LogP contribution in [0.3, 0.4) is 0 Å². The lowest BCUT2D eigenvalue weighted by Crippen LogP contribution is -2.30. The molecule has 0 saturated heterocycles.